The van der Waals surface area contributed by atoms with Crippen LogP contribution in [0.1, 0.15) is 35.5 Å². The number of halogens is 1. The first-order chi connectivity index (χ1) is 14.5. The number of carbonyl (C=O) groups is 1. The number of para-hydroxylation sites is 2. The number of carbonyl (C=O) groups excluding carboxylic acids is 1. The molecule has 0 aliphatic rings. The Kier molecular flexibility index (Phi) is 5.86. The molecular formula is C25H24ClN3O. The van der Waals surface area contributed by atoms with Crippen molar-refractivity contribution in [3.63, 3.8) is 0 Å². The van der Waals surface area contributed by atoms with Gasteiger partial charge in [-0.3, -0.25) is 4.79 Å². The lowest BCUT2D eigenvalue weighted by atomic mass is 10.1. The van der Waals surface area contributed by atoms with Crippen LogP contribution in [-0.4, -0.2) is 15.5 Å². The lowest BCUT2D eigenvalue weighted by molar-refractivity contribution is -0.121. The SMILES string of the molecule is Cc1ccccc1Cn1c(C(C)NC(=O)Cc2ccc(Cl)cc2)nc2ccccc21. The van der Waals surface area contributed by atoms with Crippen molar-refractivity contribution in [2.75, 3.05) is 0 Å². The van der Waals surface area contributed by atoms with Crippen LogP contribution in [0.15, 0.2) is 72.8 Å². The molecule has 1 unspecified atom stereocenters. The Balaban J connectivity index is 1.60. The minimum absolute atomic E-state index is 0.0423. The van der Waals surface area contributed by atoms with Gasteiger partial charge in [0.05, 0.1) is 23.5 Å². The highest BCUT2D eigenvalue weighted by Gasteiger charge is 2.19. The van der Waals surface area contributed by atoms with Crippen molar-refractivity contribution in [2.45, 2.75) is 32.9 Å². The molecule has 1 atom stereocenters. The maximum atomic E-state index is 12.6. The molecule has 0 radical (unpaired) electrons. The standard InChI is InChI=1S/C25H24ClN3O/c1-17-7-3-4-8-20(17)16-29-23-10-6-5-9-22(23)28-25(29)18(2)27-24(30)15-19-11-13-21(26)14-12-19/h3-14,18H,15-16H2,1-2H3,(H,27,30). The highest BCUT2D eigenvalue weighted by Crippen LogP contribution is 2.23. The molecule has 5 heteroatoms. The number of nitrogens with zero attached hydrogens (tertiary/aromatic N) is 2. The number of benzene rings is 3. The van der Waals surface area contributed by atoms with Gasteiger partial charge < -0.3 is 9.88 Å². The zero-order chi connectivity index (χ0) is 21.1. The second-order valence-corrected chi connectivity index (χ2v) is 8.00. The number of nitrogens with one attached hydrogen (secondary N) is 1. The monoisotopic (exact) mass is 417 g/mol. The number of imidazole rings is 1. The molecule has 1 heterocycles. The van der Waals surface area contributed by atoms with Gasteiger partial charge >= 0.3 is 0 Å². The first-order valence-corrected chi connectivity index (χ1v) is 10.4. The number of aryl methyl sites for hydroxylation is 1. The first kappa shape index (κ1) is 20.2. The van der Waals surface area contributed by atoms with Crippen LogP contribution in [0.5, 0.6) is 0 Å². The van der Waals surface area contributed by atoms with Crippen LogP contribution in [-0.2, 0) is 17.8 Å². The molecular weight excluding hydrogens is 394 g/mol. The third-order valence-corrected chi connectivity index (χ3v) is 5.57. The Labute approximate surface area is 181 Å². The summed E-state index contributed by atoms with van der Waals surface area (Å²) in [5.74, 6) is 0.809. The summed E-state index contributed by atoms with van der Waals surface area (Å²) >= 11 is 5.93. The molecule has 152 valence electrons. The van der Waals surface area contributed by atoms with E-state index in [-0.39, 0.29) is 11.9 Å². The fourth-order valence-electron chi connectivity index (χ4n) is 3.69. The average Bonchev–Trinajstić information content (AvgIpc) is 3.10. The third kappa shape index (κ3) is 4.39. The lowest BCUT2D eigenvalue weighted by Gasteiger charge is -2.17. The molecule has 0 saturated heterocycles. The maximum absolute atomic E-state index is 12.6. The molecule has 4 nitrogen and oxygen atoms in total. The number of hydrogen-bond acceptors (Lipinski definition) is 2. The van der Waals surface area contributed by atoms with E-state index >= 15 is 0 Å². The second kappa shape index (κ2) is 8.72. The maximum Gasteiger partial charge on any atom is 0.224 e. The van der Waals surface area contributed by atoms with Gasteiger partial charge in [0.15, 0.2) is 0 Å². The van der Waals surface area contributed by atoms with E-state index in [1.54, 1.807) is 12.1 Å². The third-order valence-electron chi connectivity index (χ3n) is 5.32. The summed E-state index contributed by atoms with van der Waals surface area (Å²) in [6.45, 7) is 4.81. The highest BCUT2D eigenvalue weighted by molar-refractivity contribution is 6.30. The predicted octanol–water partition coefficient (Wildman–Crippen LogP) is 5.47. The summed E-state index contributed by atoms with van der Waals surface area (Å²) in [7, 11) is 0. The van der Waals surface area contributed by atoms with Gasteiger partial charge in [-0.15, -0.1) is 0 Å². The summed E-state index contributed by atoms with van der Waals surface area (Å²) in [5.41, 5.74) is 5.40. The van der Waals surface area contributed by atoms with Gasteiger partial charge in [-0.05, 0) is 54.8 Å². The van der Waals surface area contributed by atoms with Gasteiger partial charge in [0.25, 0.3) is 0 Å². The van der Waals surface area contributed by atoms with Crippen molar-refractivity contribution in [3.05, 3.63) is 100 Å². The summed E-state index contributed by atoms with van der Waals surface area (Å²) in [5, 5.41) is 3.77. The van der Waals surface area contributed by atoms with Crippen molar-refractivity contribution in [3.8, 4) is 0 Å². The number of aromatic nitrogens is 2. The highest BCUT2D eigenvalue weighted by atomic mass is 35.5. The van der Waals surface area contributed by atoms with E-state index in [1.165, 1.54) is 11.1 Å². The van der Waals surface area contributed by atoms with E-state index in [1.807, 2.05) is 43.3 Å². The molecule has 1 aromatic heterocycles. The Bertz CT molecular complexity index is 1180. The van der Waals surface area contributed by atoms with Crippen molar-refractivity contribution < 1.29 is 4.79 Å². The van der Waals surface area contributed by atoms with Crippen LogP contribution in [0, 0.1) is 6.92 Å². The average molecular weight is 418 g/mol. The van der Waals surface area contributed by atoms with Gasteiger partial charge in [-0.1, -0.05) is 60.1 Å². The fourth-order valence-corrected chi connectivity index (χ4v) is 3.82. The predicted molar refractivity (Wildman–Crippen MR) is 122 cm³/mol. The zero-order valence-electron chi connectivity index (χ0n) is 17.1. The molecule has 30 heavy (non-hydrogen) atoms. The fraction of sp³-hybridized carbons (Fsp3) is 0.200. The van der Waals surface area contributed by atoms with E-state index in [4.69, 9.17) is 16.6 Å². The van der Waals surface area contributed by atoms with Crippen LogP contribution in [0.3, 0.4) is 0 Å². The number of amides is 1. The van der Waals surface area contributed by atoms with Gasteiger partial charge in [0.1, 0.15) is 5.82 Å². The van der Waals surface area contributed by atoms with E-state index in [2.05, 4.69) is 41.1 Å². The van der Waals surface area contributed by atoms with Gasteiger partial charge in [-0.25, -0.2) is 4.98 Å². The summed E-state index contributed by atoms with van der Waals surface area (Å²) < 4.78 is 2.20. The number of fused-ring (bicyclic) bond motifs is 1. The molecule has 4 rings (SSSR count). The molecule has 3 aromatic carbocycles. The van der Waals surface area contributed by atoms with E-state index in [0.717, 1.165) is 22.4 Å². The molecule has 0 saturated carbocycles. The molecule has 0 spiro atoms. The zero-order valence-corrected chi connectivity index (χ0v) is 17.9. The summed E-state index contributed by atoms with van der Waals surface area (Å²) in [4.78, 5) is 17.5. The van der Waals surface area contributed by atoms with Crippen LogP contribution in [0.2, 0.25) is 5.02 Å². The van der Waals surface area contributed by atoms with Crippen molar-refractivity contribution in [2.24, 2.45) is 0 Å². The largest absolute Gasteiger partial charge is 0.346 e. The van der Waals surface area contributed by atoms with Gasteiger partial charge in [-0.2, -0.15) is 0 Å². The Morgan fingerprint density at radius 2 is 1.73 bits per heavy atom. The molecule has 0 bridgehead atoms. The van der Waals surface area contributed by atoms with Gasteiger partial charge in [0.2, 0.25) is 5.91 Å². The van der Waals surface area contributed by atoms with Crippen LogP contribution in [0.25, 0.3) is 11.0 Å². The molecule has 4 aromatic rings. The summed E-state index contributed by atoms with van der Waals surface area (Å²) in [6, 6.07) is 23.6. The normalized spacial score (nSPS) is 12.1. The molecule has 0 aliphatic carbocycles. The molecule has 1 N–H and O–H groups in total. The minimum Gasteiger partial charge on any atom is -0.346 e. The topological polar surface area (TPSA) is 46.9 Å². The van der Waals surface area contributed by atoms with Crippen molar-refractivity contribution in [1.29, 1.82) is 0 Å². The number of rotatable bonds is 6. The molecule has 1 amide bonds. The van der Waals surface area contributed by atoms with E-state index in [0.29, 0.717) is 18.0 Å². The lowest BCUT2D eigenvalue weighted by Crippen LogP contribution is -2.30. The van der Waals surface area contributed by atoms with Crippen molar-refractivity contribution in [1.82, 2.24) is 14.9 Å². The van der Waals surface area contributed by atoms with Crippen LogP contribution < -0.4 is 5.32 Å². The summed E-state index contributed by atoms with van der Waals surface area (Å²) in [6.07, 6.45) is 0.305. The van der Waals surface area contributed by atoms with Crippen LogP contribution in [0.4, 0.5) is 0 Å². The Morgan fingerprint density at radius 3 is 2.50 bits per heavy atom. The minimum atomic E-state index is -0.221. The molecule has 0 aliphatic heterocycles. The van der Waals surface area contributed by atoms with Crippen molar-refractivity contribution >= 4 is 28.5 Å². The Hall–Kier alpha value is -3.11. The smallest absolute Gasteiger partial charge is 0.224 e. The van der Waals surface area contributed by atoms with Crippen LogP contribution >= 0.6 is 11.6 Å². The molecule has 0 fully saturated rings. The van der Waals surface area contributed by atoms with E-state index < -0.39 is 0 Å². The second-order valence-electron chi connectivity index (χ2n) is 7.56. The Morgan fingerprint density at radius 1 is 1.03 bits per heavy atom. The number of hydrogen-bond donors (Lipinski definition) is 1. The quantitative estimate of drug-likeness (QED) is 0.452. The van der Waals surface area contributed by atoms with E-state index in [9.17, 15) is 4.79 Å². The van der Waals surface area contributed by atoms with Gasteiger partial charge in [0, 0.05) is 11.6 Å². The first-order valence-electron chi connectivity index (χ1n) is 10.0.